The predicted molar refractivity (Wildman–Crippen MR) is 207 cm³/mol. The molecule has 1 heterocycles. The Kier molecular flexibility index (Phi) is 9.66. The number of esters is 1. The van der Waals surface area contributed by atoms with Crippen molar-refractivity contribution in [2.24, 2.45) is 56.2 Å². The van der Waals surface area contributed by atoms with Crippen molar-refractivity contribution in [2.75, 3.05) is 6.54 Å². The molecule has 10 heteroatoms. The highest BCUT2D eigenvalue weighted by Gasteiger charge is 2.71. The van der Waals surface area contributed by atoms with E-state index in [-0.39, 0.29) is 57.3 Å². The summed E-state index contributed by atoms with van der Waals surface area (Å²) >= 11 is 6.04. The maximum atomic E-state index is 14.1. The maximum Gasteiger partial charge on any atom is 0.309 e. The van der Waals surface area contributed by atoms with Crippen molar-refractivity contribution in [1.82, 2.24) is 15.3 Å². The zero-order valence-corrected chi connectivity index (χ0v) is 34.9. The van der Waals surface area contributed by atoms with Crippen LogP contribution < -0.4 is 5.32 Å². The van der Waals surface area contributed by atoms with Crippen molar-refractivity contribution in [3.05, 3.63) is 34.4 Å². The molecule has 0 radical (unpaired) electrons. The van der Waals surface area contributed by atoms with E-state index in [0.717, 1.165) is 75.5 Å². The van der Waals surface area contributed by atoms with E-state index >= 15 is 0 Å². The van der Waals surface area contributed by atoms with Gasteiger partial charge >= 0.3 is 11.9 Å². The number of ketones is 1. The Hall–Kier alpha value is -2.36. The summed E-state index contributed by atoms with van der Waals surface area (Å²) < 4.78 is 6.17. The highest BCUT2D eigenvalue weighted by Crippen LogP contribution is 2.77. The van der Waals surface area contributed by atoms with Crippen LogP contribution in [-0.2, 0) is 24.7 Å². The van der Waals surface area contributed by atoms with Gasteiger partial charge in [-0.05, 0) is 124 Å². The number of carboxylic acids is 1. The minimum Gasteiger partial charge on any atom is -0.481 e. The summed E-state index contributed by atoms with van der Waals surface area (Å²) in [7, 11) is 0. The van der Waals surface area contributed by atoms with Crippen molar-refractivity contribution in [3.63, 3.8) is 0 Å². The average Bonchev–Trinajstić information content (AvgIpc) is 3.80. The van der Waals surface area contributed by atoms with Gasteiger partial charge in [-0.1, -0.05) is 65.6 Å². The Balaban J connectivity index is 1.15. The number of nitrogens with one attached hydrogen (secondary N) is 1. The lowest BCUT2D eigenvalue weighted by Crippen LogP contribution is -2.66. The van der Waals surface area contributed by atoms with Crippen molar-refractivity contribution in [1.29, 1.82) is 0 Å². The molecule has 7 rings (SSSR count). The van der Waals surface area contributed by atoms with Crippen molar-refractivity contribution in [3.8, 4) is 0 Å². The number of carbonyl (C=O) groups is 3. The van der Waals surface area contributed by atoms with E-state index in [0.29, 0.717) is 30.0 Å². The van der Waals surface area contributed by atoms with Crippen molar-refractivity contribution < 1.29 is 29.3 Å². The number of aromatic nitrogens is 2. The third-order valence-corrected chi connectivity index (χ3v) is 17.2. The highest BCUT2D eigenvalue weighted by atomic mass is 35.5. The SMILES string of the molecule is CC(C)C1=C2[C@H]3CC[C@@H]4[C@@]5(C)CC[C@H](OC(=O)CC(C)(C)C(=O)O)C(C)(C)[C@@H]5CC[C@@]4(C)[C@]3(C)CC[C@@]2([C@@H](O)CNC2(c3cnc(Cl)cn3)CC2)CC1=O. The maximum absolute atomic E-state index is 14.1. The summed E-state index contributed by atoms with van der Waals surface area (Å²) in [5.74, 6) is -0.0472. The van der Waals surface area contributed by atoms with E-state index in [4.69, 9.17) is 16.3 Å². The number of hydrogen-bond acceptors (Lipinski definition) is 8. The first-order valence-corrected chi connectivity index (χ1v) is 21.1. The number of nitrogens with zero attached hydrogens (tertiary/aromatic N) is 2. The Labute approximate surface area is 327 Å². The lowest BCUT2D eigenvalue weighted by atomic mass is 9.33. The van der Waals surface area contributed by atoms with Gasteiger partial charge in [0.25, 0.3) is 0 Å². The topological polar surface area (TPSA) is 139 Å². The molecular formula is C44H64ClN3O6. The van der Waals surface area contributed by atoms with Crippen LogP contribution in [0.2, 0.25) is 5.15 Å². The monoisotopic (exact) mass is 765 g/mol. The molecule has 0 aliphatic heterocycles. The van der Waals surface area contributed by atoms with E-state index in [1.807, 2.05) is 0 Å². The van der Waals surface area contributed by atoms with E-state index < -0.39 is 28.9 Å². The van der Waals surface area contributed by atoms with E-state index in [1.165, 1.54) is 5.57 Å². The summed E-state index contributed by atoms with van der Waals surface area (Å²) in [5.41, 5.74) is 0.842. The van der Waals surface area contributed by atoms with E-state index in [2.05, 4.69) is 63.8 Å². The minimum atomic E-state index is -1.17. The molecular weight excluding hydrogens is 702 g/mol. The number of fused-ring (bicyclic) bond motifs is 7. The fourth-order valence-electron chi connectivity index (χ4n) is 13.6. The number of rotatable bonds is 10. The second kappa shape index (κ2) is 13.1. The number of aliphatic hydroxyl groups excluding tert-OH is 1. The van der Waals surface area contributed by atoms with Crippen LogP contribution in [0.1, 0.15) is 145 Å². The summed E-state index contributed by atoms with van der Waals surface area (Å²) in [5, 5.41) is 26.0. The fraction of sp³-hybridized carbons (Fsp3) is 0.795. The molecule has 9 nitrogen and oxygen atoms in total. The highest BCUT2D eigenvalue weighted by molar-refractivity contribution is 6.29. The lowest BCUT2D eigenvalue weighted by molar-refractivity contribution is -0.235. The number of carboxylic acid groups (broad SMARTS) is 1. The molecule has 298 valence electrons. The van der Waals surface area contributed by atoms with Gasteiger partial charge in [-0.2, -0.15) is 0 Å². The molecule has 0 unspecified atom stereocenters. The molecule has 0 saturated heterocycles. The van der Waals surface area contributed by atoms with Crippen LogP contribution >= 0.6 is 11.6 Å². The van der Waals surface area contributed by atoms with Gasteiger partial charge in [0, 0.05) is 23.8 Å². The van der Waals surface area contributed by atoms with E-state index in [9.17, 15) is 24.6 Å². The van der Waals surface area contributed by atoms with Crippen LogP contribution in [0.15, 0.2) is 23.5 Å². The van der Waals surface area contributed by atoms with Crippen molar-refractivity contribution in [2.45, 2.75) is 157 Å². The minimum absolute atomic E-state index is 0.0346. The fourth-order valence-corrected chi connectivity index (χ4v) is 13.7. The second-order valence-corrected chi connectivity index (χ2v) is 21.1. The zero-order valence-electron chi connectivity index (χ0n) is 34.1. The normalized spacial score (nSPS) is 38.6. The van der Waals surface area contributed by atoms with Crippen LogP contribution in [0, 0.1) is 56.2 Å². The molecule has 0 aromatic carbocycles. The number of hydrogen-bond donors (Lipinski definition) is 3. The molecule has 0 bridgehead atoms. The Bertz CT molecular complexity index is 1730. The largest absolute Gasteiger partial charge is 0.481 e. The Morgan fingerprint density at radius 2 is 1.65 bits per heavy atom. The Morgan fingerprint density at radius 3 is 2.26 bits per heavy atom. The first kappa shape index (κ1) is 39.9. The van der Waals surface area contributed by atoms with Crippen LogP contribution in [0.4, 0.5) is 0 Å². The molecule has 5 fully saturated rings. The van der Waals surface area contributed by atoms with Gasteiger partial charge in [-0.25, -0.2) is 4.98 Å². The molecule has 1 aromatic heterocycles. The van der Waals surface area contributed by atoms with Crippen molar-refractivity contribution >= 4 is 29.3 Å². The molecule has 6 aliphatic rings. The van der Waals surface area contributed by atoms with Crippen LogP contribution in [-0.4, -0.2) is 56.7 Å². The number of aliphatic carboxylic acids is 1. The van der Waals surface area contributed by atoms with Gasteiger partial charge in [0.15, 0.2) is 5.78 Å². The summed E-state index contributed by atoms with van der Waals surface area (Å²) in [6.45, 7) is 20.0. The molecule has 6 aliphatic carbocycles. The standard InChI is InChI=1S/C44H64ClN3O6/c1-25(2)35-27(49)20-43(31(50)23-48-44(18-19-44)30-22-47-33(45)24-46-30)17-16-41(8)26(36(35)43)10-11-29-40(7)14-13-32(54-34(51)21-38(3,4)37(52)53)39(5,6)28(40)12-15-42(29,41)9/h22,24-26,28-29,31-32,48,50H,10-21,23H2,1-9H3,(H,52,53)/t26-,28+,29-,31+,32+,40+,41-,42-,43+/m1/s1. The number of ether oxygens (including phenoxy) is 1. The van der Waals surface area contributed by atoms with Crippen LogP contribution in [0.25, 0.3) is 0 Å². The molecule has 3 N–H and O–H groups in total. The average molecular weight is 766 g/mol. The molecule has 0 amide bonds. The summed E-state index contributed by atoms with van der Waals surface area (Å²) in [4.78, 5) is 47.8. The smallest absolute Gasteiger partial charge is 0.309 e. The third kappa shape index (κ3) is 5.85. The summed E-state index contributed by atoms with van der Waals surface area (Å²) in [6.07, 6.45) is 12.2. The van der Waals surface area contributed by atoms with Gasteiger partial charge in [-0.3, -0.25) is 19.4 Å². The number of aliphatic hydroxyl groups is 1. The van der Waals surface area contributed by atoms with E-state index in [1.54, 1.807) is 26.2 Å². The predicted octanol–water partition coefficient (Wildman–Crippen LogP) is 8.46. The lowest BCUT2D eigenvalue weighted by Gasteiger charge is -2.72. The molecule has 54 heavy (non-hydrogen) atoms. The molecule has 0 spiro atoms. The number of Topliss-reactive ketones (excluding diaryl/α,β-unsaturated/α-hetero) is 1. The van der Waals surface area contributed by atoms with Gasteiger partial charge in [0.2, 0.25) is 0 Å². The second-order valence-electron chi connectivity index (χ2n) is 20.8. The third-order valence-electron chi connectivity index (χ3n) is 17.0. The first-order chi connectivity index (χ1) is 25.1. The molecule has 1 aromatic rings. The van der Waals surface area contributed by atoms with Gasteiger partial charge in [0.05, 0.1) is 41.6 Å². The van der Waals surface area contributed by atoms with Gasteiger partial charge in [-0.15, -0.1) is 0 Å². The van der Waals surface area contributed by atoms with Gasteiger partial charge < -0.3 is 20.3 Å². The van der Waals surface area contributed by atoms with Crippen LogP contribution in [0.3, 0.4) is 0 Å². The molecule has 9 atom stereocenters. The zero-order chi connectivity index (χ0) is 39.4. The Morgan fingerprint density at radius 1 is 0.944 bits per heavy atom. The first-order valence-electron chi connectivity index (χ1n) is 20.7. The van der Waals surface area contributed by atoms with Crippen LogP contribution in [0.5, 0.6) is 0 Å². The number of allylic oxidation sites excluding steroid dienone is 1. The number of halogens is 1. The molecule has 5 saturated carbocycles. The number of carbonyl (C=O) groups excluding carboxylic acids is 2. The quantitative estimate of drug-likeness (QED) is 0.200. The van der Waals surface area contributed by atoms with Gasteiger partial charge in [0.1, 0.15) is 11.3 Å². The summed E-state index contributed by atoms with van der Waals surface area (Å²) in [6, 6.07) is 0.